The summed E-state index contributed by atoms with van der Waals surface area (Å²) in [5.74, 6) is 0.876. The molecule has 190 valence electrons. The third-order valence-electron chi connectivity index (χ3n) is 7.68. The number of aryl methyl sites for hydroxylation is 1. The van der Waals surface area contributed by atoms with Crippen molar-refractivity contribution in [2.24, 2.45) is 0 Å². The summed E-state index contributed by atoms with van der Waals surface area (Å²) in [7, 11) is 0. The van der Waals surface area contributed by atoms with E-state index in [-0.39, 0.29) is 5.41 Å². The molecule has 2 aromatic heterocycles. The number of rotatable bonds is 3. The molecule has 0 saturated carbocycles. The molecular weight excluding hydrogens is 476 g/mol. The summed E-state index contributed by atoms with van der Waals surface area (Å²) in [4.78, 5) is 5.14. The minimum atomic E-state index is 0.0907. The van der Waals surface area contributed by atoms with Crippen molar-refractivity contribution >= 4 is 33.0 Å². The van der Waals surface area contributed by atoms with Gasteiger partial charge in [0.05, 0.1) is 16.6 Å². The summed E-state index contributed by atoms with van der Waals surface area (Å²) in [6, 6.07) is 38.6. The van der Waals surface area contributed by atoms with Crippen LogP contribution in [0.15, 0.2) is 114 Å². The summed E-state index contributed by atoms with van der Waals surface area (Å²) in [5, 5.41) is 2.23. The lowest BCUT2D eigenvalue weighted by Gasteiger charge is -2.19. The van der Waals surface area contributed by atoms with Crippen LogP contribution in [0.1, 0.15) is 31.9 Å². The van der Waals surface area contributed by atoms with Gasteiger partial charge in [0.15, 0.2) is 0 Å². The number of hydrogen-bond donors (Lipinski definition) is 0. The van der Waals surface area contributed by atoms with Crippen LogP contribution in [0, 0.1) is 6.92 Å². The van der Waals surface area contributed by atoms with E-state index in [1.807, 2.05) is 6.07 Å². The number of para-hydroxylation sites is 3. The van der Waals surface area contributed by atoms with Crippen molar-refractivity contribution < 1.29 is 4.42 Å². The Kier molecular flexibility index (Phi) is 5.24. The Morgan fingerprint density at radius 1 is 0.692 bits per heavy atom. The Hall–Kier alpha value is -4.63. The van der Waals surface area contributed by atoms with Gasteiger partial charge in [-0.1, -0.05) is 99.1 Å². The highest BCUT2D eigenvalue weighted by Crippen LogP contribution is 2.41. The third-order valence-corrected chi connectivity index (χ3v) is 7.68. The fourth-order valence-electron chi connectivity index (χ4n) is 5.58. The number of aromatic nitrogens is 2. The van der Waals surface area contributed by atoms with Gasteiger partial charge in [0.25, 0.3) is 0 Å². The molecule has 3 heteroatoms. The first-order valence-electron chi connectivity index (χ1n) is 13.5. The van der Waals surface area contributed by atoms with Crippen molar-refractivity contribution in [2.45, 2.75) is 33.1 Å². The normalized spacial score (nSPS) is 12.1. The number of hydrogen-bond acceptors (Lipinski definition) is 2. The SMILES string of the molecule is Cc1ccc(-c2cccc3oc4c(-c5nc6ccccc6n5-c5ccc(C(C)(C)C)cc5)cccc4c23)cc1. The zero-order valence-corrected chi connectivity index (χ0v) is 22.7. The van der Waals surface area contributed by atoms with Gasteiger partial charge in [0.1, 0.15) is 17.0 Å². The van der Waals surface area contributed by atoms with Gasteiger partial charge in [-0.15, -0.1) is 0 Å². The smallest absolute Gasteiger partial charge is 0.149 e. The molecule has 0 N–H and O–H groups in total. The van der Waals surface area contributed by atoms with Crippen LogP contribution in [-0.4, -0.2) is 9.55 Å². The predicted molar refractivity (Wildman–Crippen MR) is 163 cm³/mol. The fourth-order valence-corrected chi connectivity index (χ4v) is 5.58. The summed E-state index contributed by atoms with van der Waals surface area (Å²) >= 11 is 0. The second-order valence-corrected chi connectivity index (χ2v) is 11.4. The van der Waals surface area contributed by atoms with Crippen LogP contribution >= 0.6 is 0 Å². The molecule has 0 aliphatic heterocycles. The largest absolute Gasteiger partial charge is 0.455 e. The van der Waals surface area contributed by atoms with Gasteiger partial charge in [-0.05, 0) is 65.4 Å². The number of fused-ring (bicyclic) bond motifs is 4. The van der Waals surface area contributed by atoms with Crippen LogP contribution in [0.25, 0.3) is 61.2 Å². The molecule has 0 radical (unpaired) electrons. The van der Waals surface area contributed by atoms with E-state index in [9.17, 15) is 0 Å². The van der Waals surface area contributed by atoms with Crippen LogP contribution in [-0.2, 0) is 5.41 Å². The summed E-state index contributed by atoms with van der Waals surface area (Å²) in [5.41, 5.74) is 10.8. The van der Waals surface area contributed by atoms with Crippen molar-refractivity contribution in [3.8, 4) is 28.2 Å². The standard InChI is InChI=1S/C36H30N2O/c1-23-15-17-24(18-16-23)27-9-8-14-32-33(27)28-10-7-11-29(34(28)39-32)35-37-30-12-5-6-13-31(30)38(35)26-21-19-25(20-22-26)36(2,3)4/h5-22H,1-4H3. The quantitative estimate of drug-likeness (QED) is 0.239. The van der Waals surface area contributed by atoms with Gasteiger partial charge in [-0.2, -0.15) is 0 Å². The van der Waals surface area contributed by atoms with E-state index >= 15 is 0 Å². The van der Waals surface area contributed by atoms with Gasteiger partial charge in [0.2, 0.25) is 0 Å². The highest BCUT2D eigenvalue weighted by atomic mass is 16.3. The summed E-state index contributed by atoms with van der Waals surface area (Å²) in [6.07, 6.45) is 0. The zero-order chi connectivity index (χ0) is 26.7. The molecule has 2 heterocycles. The first-order chi connectivity index (χ1) is 18.9. The molecule has 0 saturated heterocycles. The maximum atomic E-state index is 6.62. The highest BCUT2D eigenvalue weighted by molar-refractivity contribution is 6.15. The van der Waals surface area contributed by atoms with Gasteiger partial charge < -0.3 is 4.42 Å². The molecule has 7 rings (SSSR count). The van der Waals surface area contributed by atoms with Crippen molar-refractivity contribution in [2.75, 3.05) is 0 Å². The topological polar surface area (TPSA) is 31.0 Å². The molecule has 0 aliphatic rings. The van der Waals surface area contributed by atoms with Crippen LogP contribution in [0.3, 0.4) is 0 Å². The summed E-state index contributed by atoms with van der Waals surface area (Å²) < 4.78 is 8.88. The molecule has 39 heavy (non-hydrogen) atoms. The van der Waals surface area contributed by atoms with Crippen LogP contribution in [0.5, 0.6) is 0 Å². The average Bonchev–Trinajstić information content (AvgIpc) is 3.52. The molecule has 7 aromatic rings. The van der Waals surface area contributed by atoms with E-state index in [0.717, 1.165) is 50.0 Å². The third kappa shape index (κ3) is 3.85. The molecule has 0 unspecified atom stereocenters. The molecule has 0 amide bonds. The van der Waals surface area contributed by atoms with E-state index in [4.69, 9.17) is 9.40 Å². The maximum absolute atomic E-state index is 6.62. The Morgan fingerprint density at radius 2 is 1.41 bits per heavy atom. The number of nitrogens with zero attached hydrogens (tertiary/aromatic N) is 2. The van der Waals surface area contributed by atoms with Crippen LogP contribution < -0.4 is 0 Å². The molecule has 0 spiro atoms. The first kappa shape index (κ1) is 23.5. The van der Waals surface area contributed by atoms with E-state index in [0.29, 0.717) is 0 Å². The Labute approximate surface area is 228 Å². The molecular formula is C36H30N2O. The highest BCUT2D eigenvalue weighted by Gasteiger charge is 2.21. The van der Waals surface area contributed by atoms with Crippen molar-refractivity contribution in [1.82, 2.24) is 9.55 Å². The second kappa shape index (κ2) is 8.71. The number of furan rings is 1. The van der Waals surface area contributed by atoms with E-state index in [1.165, 1.54) is 22.3 Å². The lowest BCUT2D eigenvalue weighted by molar-refractivity contribution is 0.590. The van der Waals surface area contributed by atoms with Crippen molar-refractivity contribution in [1.29, 1.82) is 0 Å². The van der Waals surface area contributed by atoms with E-state index in [2.05, 4.69) is 135 Å². The maximum Gasteiger partial charge on any atom is 0.149 e. The minimum absolute atomic E-state index is 0.0907. The monoisotopic (exact) mass is 506 g/mol. The fraction of sp³-hybridized carbons (Fsp3) is 0.139. The Bertz CT molecular complexity index is 1980. The van der Waals surface area contributed by atoms with E-state index in [1.54, 1.807) is 0 Å². The Balaban J connectivity index is 1.49. The minimum Gasteiger partial charge on any atom is -0.455 e. The molecule has 3 nitrogen and oxygen atoms in total. The van der Waals surface area contributed by atoms with Gasteiger partial charge in [0, 0.05) is 16.5 Å². The number of benzene rings is 5. The van der Waals surface area contributed by atoms with Crippen molar-refractivity contribution in [3.63, 3.8) is 0 Å². The van der Waals surface area contributed by atoms with Crippen molar-refractivity contribution in [3.05, 3.63) is 120 Å². The zero-order valence-electron chi connectivity index (χ0n) is 22.7. The molecule has 0 bridgehead atoms. The molecule has 0 fully saturated rings. The van der Waals surface area contributed by atoms with Crippen LogP contribution in [0.4, 0.5) is 0 Å². The van der Waals surface area contributed by atoms with Gasteiger partial charge in [-0.25, -0.2) is 4.98 Å². The van der Waals surface area contributed by atoms with E-state index < -0.39 is 0 Å². The second-order valence-electron chi connectivity index (χ2n) is 11.4. The first-order valence-corrected chi connectivity index (χ1v) is 13.5. The molecule has 5 aromatic carbocycles. The van der Waals surface area contributed by atoms with Gasteiger partial charge >= 0.3 is 0 Å². The molecule has 0 aliphatic carbocycles. The predicted octanol–water partition coefficient (Wildman–Crippen LogP) is 9.86. The summed E-state index contributed by atoms with van der Waals surface area (Å²) in [6.45, 7) is 8.85. The lowest BCUT2D eigenvalue weighted by Crippen LogP contribution is -2.11. The molecule has 0 atom stereocenters. The number of imidazole rings is 1. The van der Waals surface area contributed by atoms with Gasteiger partial charge in [-0.3, -0.25) is 4.57 Å². The lowest BCUT2D eigenvalue weighted by atomic mass is 9.87. The van der Waals surface area contributed by atoms with Crippen LogP contribution in [0.2, 0.25) is 0 Å². The average molecular weight is 507 g/mol. The Morgan fingerprint density at radius 3 is 2.18 bits per heavy atom.